The Kier molecular flexibility index (Phi) is 5.04. The maximum atomic E-state index is 6.16. The summed E-state index contributed by atoms with van der Waals surface area (Å²) < 4.78 is 6.00. The number of halogens is 1. The lowest BCUT2D eigenvalue weighted by Crippen LogP contribution is -2.30. The zero-order valence-electron chi connectivity index (χ0n) is 10.9. The van der Waals surface area contributed by atoms with Crippen LogP contribution in [-0.2, 0) is 4.74 Å². The summed E-state index contributed by atoms with van der Waals surface area (Å²) in [5.74, 6) is 0.892. The Morgan fingerprint density at radius 2 is 2.22 bits per heavy atom. The molecule has 18 heavy (non-hydrogen) atoms. The van der Waals surface area contributed by atoms with Crippen molar-refractivity contribution in [2.45, 2.75) is 44.8 Å². The summed E-state index contributed by atoms with van der Waals surface area (Å²) in [5, 5.41) is 0.742. The summed E-state index contributed by atoms with van der Waals surface area (Å²) in [7, 11) is 0. The fourth-order valence-electron chi connectivity index (χ4n) is 2.13. The molecule has 2 nitrogen and oxygen atoms in total. The van der Waals surface area contributed by atoms with Crippen LogP contribution in [0.5, 0.6) is 0 Å². The zero-order chi connectivity index (χ0) is 13.0. The highest BCUT2D eigenvalue weighted by Gasteiger charge is 2.23. The molecule has 0 heterocycles. The number of hydrogen-bond acceptors (Lipinski definition) is 2. The van der Waals surface area contributed by atoms with Gasteiger partial charge in [-0.3, -0.25) is 0 Å². The van der Waals surface area contributed by atoms with E-state index in [9.17, 15) is 0 Å². The quantitative estimate of drug-likeness (QED) is 0.812. The largest absolute Gasteiger partial charge is 0.372 e. The van der Waals surface area contributed by atoms with Crippen molar-refractivity contribution in [1.82, 2.24) is 0 Å². The molecule has 0 aliphatic heterocycles. The normalized spacial score (nSPS) is 18.6. The van der Waals surface area contributed by atoms with Crippen molar-refractivity contribution in [3.63, 3.8) is 0 Å². The third-order valence-corrected chi connectivity index (χ3v) is 3.79. The molecule has 2 N–H and O–H groups in total. The lowest BCUT2D eigenvalue weighted by Gasteiger charge is -2.24. The van der Waals surface area contributed by atoms with E-state index in [1.54, 1.807) is 0 Å². The van der Waals surface area contributed by atoms with Crippen LogP contribution in [-0.4, -0.2) is 12.6 Å². The SMILES string of the molecule is CCC(N)C(OCCC1CC1)c1cccc(Cl)c1. The molecule has 0 aromatic heterocycles. The monoisotopic (exact) mass is 267 g/mol. The van der Waals surface area contributed by atoms with E-state index in [0.717, 1.165) is 36.0 Å². The molecule has 1 saturated carbocycles. The molecule has 1 aromatic carbocycles. The Hall–Kier alpha value is -0.570. The number of ether oxygens (including phenoxy) is 1. The Labute approximate surface area is 114 Å². The van der Waals surface area contributed by atoms with Crippen molar-refractivity contribution in [2.24, 2.45) is 11.7 Å². The van der Waals surface area contributed by atoms with Gasteiger partial charge in [-0.15, -0.1) is 0 Å². The first-order chi connectivity index (χ1) is 8.70. The average Bonchev–Trinajstić information content (AvgIpc) is 3.18. The molecule has 0 bridgehead atoms. The Balaban J connectivity index is 1.98. The van der Waals surface area contributed by atoms with E-state index in [-0.39, 0.29) is 12.1 Å². The van der Waals surface area contributed by atoms with Crippen LogP contribution < -0.4 is 5.73 Å². The summed E-state index contributed by atoms with van der Waals surface area (Å²) in [4.78, 5) is 0. The van der Waals surface area contributed by atoms with Gasteiger partial charge in [-0.25, -0.2) is 0 Å². The van der Waals surface area contributed by atoms with Gasteiger partial charge in [0, 0.05) is 17.7 Å². The minimum atomic E-state index is -0.0348. The second kappa shape index (κ2) is 6.55. The van der Waals surface area contributed by atoms with Gasteiger partial charge in [-0.05, 0) is 36.5 Å². The van der Waals surface area contributed by atoms with Gasteiger partial charge in [-0.2, -0.15) is 0 Å². The van der Waals surface area contributed by atoms with Crippen molar-refractivity contribution < 1.29 is 4.74 Å². The second-order valence-corrected chi connectivity index (χ2v) is 5.59. The number of benzene rings is 1. The van der Waals surface area contributed by atoms with Crippen LogP contribution in [0.4, 0.5) is 0 Å². The van der Waals surface area contributed by atoms with E-state index >= 15 is 0 Å². The van der Waals surface area contributed by atoms with Crippen LogP contribution in [0.3, 0.4) is 0 Å². The first-order valence-corrected chi connectivity index (χ1v) is 7.21. The van der Waals surface area contributed by atoms with Crippen LogP contribution >= 0.6 is 11.6 Å². The predicted octanol–water partition coefficient (Wildman–Crippen LogP) is 3.94. The van der Waals surface area contributed by atoms with Crippen LogP contribution in [0.2, 0.25) is 5.02 Å². The Bertz CT molecular complexity index is 379. The summed E-state index contributed by atoms with van der Waals surface area (Å²) in [6.45, 7) is 2.89. The Morgan fingerprint density at radius 3 is 2.83 bits per heavy atom. The van der Waals surface area contributed by atoms with E-state index in [4.69, 9.17) is 22.1 Å². The molecule has 1 aliphatic rings. The highest BCUT2D eigenvalue weighted by atomic mass is 35.5. The van der Waals surface area contributed by atoms with Crippen LogP contribution in [0, 0.1) is 5.92 Å². The molecule has 0 amide bonds. The molecule has 1 fully saturated rings. The lowest BCUT2D eigenvalue weighted by atomic mass is 10.0. The van der Waals surface area contributed by atoms with Crippen molar-refractivity contribution in [3.05, 3.63) is 34.9 Å². The highest BCUT2D eigenvalue weighted by molar-refractivity contribution is 6.30. The van der Waals surface area contributed by atoms with Gasteiger partial charge in [0.15, 0.2) is 0 Å². The fourth-order valence-corrected chi connectivity index (χ4v) is 2.33. The molecule has 1 aromatic rings. The highest BCUT2D eigenvalue weighted by Crippen LogP contribution is 2.33. The van der Waals surface area contributed by atoms with E-state index in [2.05, 4.69) is 6.92 Å². The zero-order valence-corrected chi connectivity index (χ0v) is 11.7. The van der Waals surface area contributed by atoms with Gasteiger partial charge in [0.2, 0.25) is 0 Å². The standard InChI is InChI=1S/C15H22ClNO/c1-2-14(17)15(18-9-8-11-6-7-11)12-4-3-5-13(16)10-12/h3-5,10-11,14-15H,2,6-9,17H2,1H3. The van der Waals surface area contributed by atoms with E-state index in [0.29, 0.717) is 0 Å². The smallest absolute Gasteiger partial charge is 0.0976 e. The number of rotatable bonds is 7. The number of nitrogens with two attached hydrogens (primary N) is 1. The molecule has 0 saturated heterocycles. The average molecular weight is 268 g/mol. The first-order valence-electron chi connectivity index (χ1n) is 6.83. The molecule has 0 radical (unpaired) electrons. The maximum absolute atomic E-state index is 6.16. The van der Waals surface area contributed by atoms with Crippen LogP contribution in [0.1, 0.15) is 44.3 Å². The van der Waals surface area contributed by atoms with E-state index in [1.165, 1.54) is 12.8 Å². The minimum Gasteiger partial charge on any atom is -0.372 e. The first kappa shape index (κ1) is 13.9. The van der Waals surface area contributed by atoms with Crippen molar-refractivity contribution >= 4 is 11.6 Å². The molecule has 2 unspecified atom stereocenters. The lowest BCUT2D eigenvalue weighted by molar-refractivity contribution is 0.0300. The molecule has 1 aliphatic carbocycles. The number of hydrogen-bond donors (Lipinski definition) is 1. The van der Waals surface area contributed by atoms with E-state index < -0.39 is 0 Å². The predicted molar refractivity (Wildman–Crippen MR) is 75.8 cm³/mol. The summed E-state index contributed by atoms with van der Waals surface area (Å²) >= 11 is 6.03. The van der Waals surface area contributed by atoms with Crippen LogP contribution in [0.25, 0.3) is 0 Å². The fraction of sp³-hybridized carbons (Fsp3) is 0.600. The van der Waals surface area contributed by atoms with Crippen molar-refractivity contribution in [3.8, 4) is 0 Å². The van der Waals surface area contributed by atoms with Gasteiger partial charge >= 0.3 is 0 Å². The Morgan fingerprint density at radius 1 is 1.44 bits per heavy atom. The maximum Gasteiger partial charge on any atom is 0.0976 e. The third kappa shape index (κ3) is 3.98. The summed E-state index contributed by atoms with van der Waals surface area (Å²) in [6, 6.07) is 7.87. The molecule has 100 valence electrons. The van der Waals surface area contributed by atoms with Crippen LogP contribution in [0.15, 0.2) is 24.3 Å². The third-order valence-electron chi connectivity index (χ3n) is 3.56. The molecule has 2 atom stereocenters. The topological polar surface area (TPSA) is 35.2 Å². The molecular weight excluding hydrogens is 246 g/mol. The summed E-state index contributed by atoms with van der Waals surface area (Å²) in [5.41, 5.74) is 7.25. The van der Waals surface area contributed by atoms with Gasteiger partial charge in [0.05, 0.1) is 6.10 Å². The summed E-state index contributed by atoms with van der Waals surface area (Å²) in [6.07, 6.45) is 4.76. The van der Waals surface area contributed by atoms with Gasteiger partial charge in [0.25, 0.3) is 0 Å². The second-order valence-electron chi connectivity index (χ2n) is 5.15. The molecule has 2 rings (SSSR count). The van der Waals surface area contributed by atoms with E-state index in [1.807, 2.05) is 24.3 Å². The van der Waals surface area contributed by atoms with Crippen molar-refractivity contribution in [2.75, 3.05) is 6.61 Å². The van der Waals surface area contributed by atoms with Crippen molar-refractivity contribution in [1.29, 1.82) is 0 Å². The van der Waals surface area contributed by atoms with Gasteiger partial charge in [-0.1, -0.05) is 43.5 Å². The molecule has 3 heteroatoms. The van der Waals surface area contributed by atoms with Gasteiger partial charge in [0.1, 0.15) is 0 Å². The minimum absolute atomic E-state index is 0.0302. The molecule has 0 spiro atoms. The molecular formula is C15H22ClNO. The van der Waals surface area contributed by atoms with Gasteiger partial charge < -0.3 is 10.5 Å².